The molecule has 3 heteroatoms. The molecule has 3 rings (SSSR count). The van der Waals surface area contributed by atoms with E-state index in [9.17, 15) is 0 Å². The van der Waals surface area contributed by atoms with Gasteiger partial charge in [-0.15, -0.1) is 11.3 Å². The van der Waals surface area contributed by atoms with E-state index in [2.05, 4.69) is 34.6 Å². The van der Waals surface area contributed by atoms with Gasteiger partial charge in [-0.3, -0.25) is 4.98 Å². The van der Waals surface area contributed by atoms with E-state index in [1.165, 1.54) is 21.6 Å². The van der Waals surface area contributed by atoms with Crippen molar-refractivity contribution in [3.8, 4) is 10.4 Å². The van der Waals surface area contributed by atoms with Crippen molar-refractivity contribution in [2.45, 2.75) is 6.42 Å². The smallest absolute Gasteiger partial charge is 0.0406 e. The van der Waals surface area contributed by atoms with Gasteiger partial charge in [-0.05, 0) is 52.8 Å². The predicted octanol–water partition coefficient (Wildman–Crippen LogP) is 5.05. The summed E-state index contributed by atoms with van der Waals surface area (Å²) in [7, 11) is 0. The Hall–Kier alpha value is -1.64. The standard InChI is InChI=1S/C16H12ClNS/c17-15-5-3-14(4-6-15)16-9-13(11-19-16)8-12-2-1-7-18-10-12/h1-7,9-11H,8H2. The van der Waals surface area contributed by atoms with Gasteiger partial charge in [-0.1, -0.05) is 29.8 Å². The van der Waals surface area contributed by atoms with Crippen LogP contribution < -0.4 is 0 Å². The Morgan fingerprint density at radius 2 is 1.89 bits per heavy atom. The molecular weight excluding hydrogens is 274 g/mol. The van der Waals surface area contributed by atoms with E-state index in [1.807, 2.05) is 24.4 Å². The van der Waals surface area contributed by atoms with E-state index in [0.29, 0.717) is 0 Å². The first-order chi connectivity index (χ1) is 9.31. The van der Waals surface area contributed by atoms with E-state index in [0.717, 1.165) is 11.4 Å². The van der Waals surface area contributed by atoms with Gasteiger partial charge in [0.15, 0.2) is 0 Å². The Labute approximate surface area is 121 Å². The minimum Gasteiger partial charge on any atom is -0.264 e. The first kappa shape index (κ1) is 12.4. The quantitative estimate of drug-likeness (QED) is 0.656. The molecule has 0 unspecified atom stereocenters. The van der Waals surface area contributed by atoms with E-state index >= 15 is 0 Å². The normalized spacial score (nSPS) is 10.6. The van der Waals surface area contributed by atoms with Crippen LogP contribution in [0.3, 0.4) is 0 Å². The van der Waals surface area contributed by atoms with Gasteiger partial charge in [0.1, 0.15) is 0 Å². The summed E-state index contributed by atoms with van der Waals surface area (Å²) in [6.07, 6.45) is 4.65. The summed E-state index contributed by atoms with van der Waals surface area (Å²) < 4.78 is 0. The van der Waals surface area contributed by atoms with Crippen LogP contribution in [-0.2, 0) is 6.42 Å². The average Bonchev–Trinajstić information content (AvgIpc) is 2.89. The monoisotopic (exact) mass is 285 g/mol. The number of benzene rings is 1. The van der Waals surface area contributed by atoms with Crippen molar-refractivity contribution >= 4 is 22.9 Å². The van der Waals surface area contributed by atoms with Crippen LogP contribution >= 0.6 is 22.9 Å². The maximum Gasteiger partial charge on any atom is 0.0406 e. The summed E-state index contributed by atoms with van der Waals surface area (Å²) in [4.78, 5) is 5.42. The lowest BCUT2D eigenvalue weighted by Gasteiger charge is -1.98. The zero-order chi connectivity index (χ0) is 13.1. The largest absolute Gasteiger partial charge is 0.264 e. The molecule has 3 aromatic rings. The number of aromatic nitrogens is 1. The highest BCUT2D eigenvalue weighted by atomic mass is 35.5. The van der Waals surface area contributed by atoms with Crippen LogP contribution in [0.15, 0.2) is 60.2 Å². The highest BCUT2D eigenvalue weighted by molar-refractivity contribution is 7.13. The first-order valence-electron chi connectivity index (χ1n) is 6.03. The molecule has 0 spiro atoms. The van der Waals surface area contributed by atoms with Crippen LogP contribution in [0.1, 0.15) is 11.1 Å². The van der Waals surface area contributed by atoms with Gasteiger partial charge < -0.3 is 0 Å². The van der Waals surface area contributed by atoms with Gasteiger partial charge >= 0.3 is 0 Å². The zero-order valence-corrected chi connectivity index (χ0v) is 11.8. The fourth-order valence-corrected chi connectivity index (χ4v) is 3.02. The highest BCUT2D eigenvalue weighted by Gasteiger charge is 2.03. The Kier molecular flexibility index (Phi) is 3.62. The Balaban J connectivity index is 1.82. The number of thiophene rings is 1. The van der Waals surface area contributed by atoms with Crippen LogP contribution in [-0.4, -0.2) is 4.98 Å². The van der Waals surface area contributed by atoms with E-state index in [1.54, 1.807) is 17.5 Å². The summed E-state index contributed by atoms with van der Waals surface area (Å²) in [5.41, 5.74) is 3.78. The second kappa shape index (κ2) is 5.55. The maximum absolute atomic E-state index is 5.91. The summed E-state index contributed by atoms with van der Waals surface area (Å²) in [5.74, 6) is 0. The molecule has 0 aliphatic rings. The third-order valence-corrected chi connectivity index (χ3v) is 4.19. The Bertz CT molecular complexity index is 659. The molecule has 19 heavy (non-hydrogen) atoms. The average molecular weight is 286 g/mol. The fourth-order valence-electron chi connectivity index (χ4n) is 1.97. The van der Waals surface area contributed by atoms with Crippen molar-refractivity contribution < 1.29 is 0 Å². The lowest BCUT2D eigenvalue weighted by molar-refractivity contribution is 1.16. The third kappa shape index (κ3) is 3.03. The highest BCUT2D eigenvalue weighted by Crippen LogP contribution is 2.29. The SMILES string of the molecule is Clc1ccc(-c2cc(Cc3cccnc3)cs2)cc1. The molecule has 2 aromatic heterocycles. The molecule has 0 fully saturated rings. The number of rotatable bonds is 3. The molecule has 1 aromatic carbocycles. The molecule has 0 aliphatic heterocycles. The number of pyridine rings is 1. The molecule has 0 radical (unpaired) electrons. The van der Waals surface area contributed by atoms with Gasteiger partial charge in [-0.2, -0.15) is 0 Å². The van der Waals surface area contributed by atoms with E-state index in [4.69, 9.17) is 11.6 Å². The van der Waals surface area contributed by atoms with Crippen molar-refractivity contribution in [1.82, 2.24) is 4.98 Å². The van der Waals surface area contributed by atoms with Crippen LogP contribution in [0, 0.1) is 0 Å². The molecule has 1 nitrogen and oxygen atoms in total. The molecule has 0 saturated heterocycles. The summed E-state index contributed by atoms with van der Waals surface area (Å²) in [5, 5.41) is 2.98. The van der Waals surface area contributed by atoms with E-state index < -0.39 is 0 Å². The van der Waals surface area contributed by atoms with Crippen LogP contribution in [0.5, 0.6) is 0 Å². The summed E-state index contributed by atoms with van der Waals surface area (Å²) >= 11 is 7.67. The van der Waals surface area contributed by atoms with Crippen LogP contribution in [0.4, 0.5) is 0 Å². The van der Waals surface area contributed by atoms with Gasteiger partial charge in [0.25, 0.3) is 0 Å². The summed E-state index contributed by atoms with van der Waals surface area (Å²) in [6, 6.07) is 14.3. The summed E-state index contributed by atoms with van der Waals surface area (Å²) in [6.45, 7) is 0. The number of halogens is 1. The number of hydrogen-bond acceptors (Lipinski definition) is 2. The molecule has 0 bridgehead atoms. The van der Waals surface area contributed by atoms with Crippen molar-refractivity contribution in [3.63, 3.8) is 0 Å². The van der Waals surface area contributed by atoms with Crippen molar-refractivity contribution in [2.75, 3.05) is 0 Å². The van der Waals surface area contributed by atoms with Gasteiger partial charge in [0, 0.05) is 22.3 Å². The molecule has 0 amide bonds. The number of nitrogens with zero attached hydrogens (tertiary/aromatic N) is 1. The van der Waals surface area contributed by atoms with Gasteiger partial charge in [0.2, 0.25) is 0 Å². The predicted molar refractivity (Wildman–Crippen MR) is 81.8 cm³/mol. The lowest BCUT2D eigenvalue weighted by Crippen LogP contribution is -1.85. The molecule has 0 aliphatic carbocycles. The molecule has 0 saturated carbocycles. The minimum atomic E-state index is 0.774. The zero-order valence-electron chi connectivity index (χ0n) is 10.2. The topological polar surface area (TPSA) is 12.9 Å². The molecule has 0 atom stereocenters. The Morgan fingerprint density at radius 1 is 1.05 bits per heavy atom. The van der Waals surface area contributed by atoms with E-state index in [-0.39, 0.29) is 0 Å². The van der Waals surface area contributed by atoms with Gasteiger partial charge in [-0.25, -0.2) is 0 Å². The number of hydrogen-bond donors (Lipinski definition) is 0. The third-order valence-electron chi connectivity index (χ3n) is 2.91. The van der Waals surface area contributed by atoms with Crippen molar-refractivity contribution in [1.29, 1.82) is 0 Å². The first-order valence-corrected chi connectivity index (χ1v) is 7.29. The van der Waals surface area contributed by atoms with Gasteiger partial charge in [0.05, 0.1) is 0 Å². The van der Waals surface area contributed by atoms with Crippen LogP contribution in [0.2, 0.25) is 5.02 Å². The maximum atomic E-state index is 5.91. The molecule has 2 heterocycles. The van der Waals surface area contributed by atoms with Crippen molar-refractivity contribution in [2.24, 2.45) is 0 Å². The molecule has 94 valence electrons. The fraction of sp³-hybridized carbons (Fsp3) is 0.0625. The Morgan fingerprint density at radius 3 is 2.63 bits per heavy atom. The van der Waals surface area contributed by atoms with Crippen molar-refractivity contribution in [3.05, 3.63) is 76.4 Å². The minimum absolute atomic E-state index is 0.774. The second-order valence-corrected chi connectivity index (χ2v) is 5.71. The second-order valence-electron chi connectivity index (χ2n) is 4.36. The van der Waals surface area contributed by atoms with Crippen LogP contribution in [0.25, 0.3) is 10.4 Å². The lowest BCUT2D eigenvalue weighted by atomic mass is 10.1. The molecule has 0 N–H and O–H groups in total. The molecular formula is C16H12ClNS.